The highest BCUT2D eigenvalue weighted by Gasteiger charge is 2.39. The Morgan fingerprint density at radius 3 is 2.50 bits per heavy atom. The van der Waals surface area contributed by atoms with Gasteiger partial charge in [-0.15, -0.1) is 0 Å². The van der Waals surface area contributed by atoms with Gasteiger partial charge in [-0.2, -0.15) is 0 Å². The van der Waals surface area contributed by atoms with Crippen molar-refractivity contribution in [2.75, 3.05) is 11.9 Å². The summed E-state index contributed by atoms with van der Waals surface area (Å²) >= 11 is 3.64. The number of rotatable bonds is 2. The molecule has 1 unspecified atom stereocenters. The maximum Gasteiger partial charge on any atom is 0.0702 e. The van der Waals surface area contributed by atoms with E-state index in [1.807, 2.05) is 0 Å². The molecule has 1 aliphatic carbocycles. The van der Waals surface area contributed by atoms with E-state index in [1.54, 1.807) is 0 Å². The number of aryl methyl sites for hydroxylation is 2. The van der Waals surface area contributed by atoms with E-state index in [0.29, 0.717) is 6.04 Å². The van der Waals surface area contributed by atoms with Crippen LogP contribution in [0.15, 0.2) is 16.6 Å². The minimum atomic E-state index is 0.190. The highest BCUT2D eigenvalue weighted by Crippen LogP contribution is 2.40. The second kappa shape index (κ2) is 5.69. The summed E-state index contributed by atoms with van der Waals surface area (Å²) in [5.41, 5.74) is 4.04. The third kappa shape index (κ3) is 2.89. The second-order valence-corrected chi connectivity index (χ2v) is 7.29. The number of ether oxygens (including phenoxy) is 1. The van der Waals surface area contributed by atoms with Gasteiger partial charge in [0.25, 0.3) is 0 Å². The van der Waals surface area contributed by atoms with Gasteiger partial charge in [0.1, 0.15) is 0 Å². The fourth-order valence-electron chi connectivity index (χ4n) is 3.78. The molecule has 1 heterocycles. The zero-order valence-corrected chi connectivity index (χ0v) is 14.1. The lowest BCUT2D eigenvalue weighted by atomic mass is 9.89. The van der Waals surface area contributed by atoms with Crippen LogP contribution in [0.1, 0.15) is 49.7 Å². The van der Waals surface area contributed by atoms with E-state index in [9.17, 15) is 0 Å². The Morgan fingerprint density at radius 2 is 1.85 bits per heavy atom. The molecule has 1 aromatic carbocycles. The average Bonchev–Trinajstić information content (AvgIpc) is 2.84. The lowest BCUT2D eigenvalue weighted by Gasteiger charge is -2.39. The van der Waals surface area contributed by atoms with Crippen molar-refractivity contribution in [3.63, 3.8) is 0 Å². The van der Waals surface area contributed by atoms with Crippen LogP contribution >= 0.6 is 15.9 Å². The first kappa shape index (κ1) is 14.4. The number of nitrogens with one attached hydrogen (secondary N) is 1. The third-order valence-electron chi connectivity index (χ3n) is 4.81. The predicted octanol–water partition coefficient (Wildman–Crippen LogP) is 4.97. The standard InChI is InChI=1S/C17H24BrNO/c1-12-9-15(10-13(2)16(12)18)19-14-5-8-20-17(11-14)6-3-4-7-17/h9-10,14,19H,3-8,11H2,1-2H3. The van der Waals surface area contributed by atoms with Crippen LogP contribution in [0.5, 0.6) is 0 Å². The molecule has 1 atom stereocenters. The maximum absolute atomic E-state index is 6.11. The summed E-state index contributed by atoms with van der Waals surface area (Å²) in [5, 5.41) is 3.74. The van der Waals surface area contributed by atoms with Gasteiger partial charge >= 0.3 is 0 Å². The van der Waals surface area contributed by atoms with Crippen molar-refractivity contribution in [3.05, 3.63) is 27.7 Å². The molecule has 1 saturated carbocycles. The fourth-order valence-corrected chi connectivity index (χ4v) is 4.01. The van der Waals surface area contributed by atoms with Gasteiger partial charge in [0.05, 0.1) is 5.60 Å². The van der Waals surface area contributed by atoms with Crippen LogP contribution in [0.2, 0.25) is 0 Å². The van der Waals surface area contributed by atoms with Crippen LogP contribution in [0.4, 0.5) is 5.69 Å². The molecule has 110 valence electrons. The first-order valence-corrected chi connectivity index (χ1v) is 8.55. The van der Waals surface area contributed by atoms with E-state index in [4.69, 9.17) is 4.74 Å². The van der Waals surface area contributed by atoms with Crippen molar-refractivity contribution in [2.45, 2.75) is 64.0 Å². The molecule has 2 nitrogen and oxygen atoms in total. The number of benzene rings is 1. The molecular weight excluding hydrogens is 314 g/mol. The molecule has 3 rings (SSSR count). The number of anilines is 1. The summed E-state index contributed by atoms with van der Waals surface area (Å²) < 4.78 is 7.34. The van der Waals surface area contributed by atoms with Gasteiger partial charge in [-0.25, -0.2) is 0 Å². The summed E-state index contributed by atoms with van der Waals surface area (Å²) in [7, 11) is 0. The Morgan fingerprint density at radius 1 is 1.20 bits per heavy atom. The lowest BCUT2D eigenvalue weighted by molar-refractivity contribution is -0.0767. The van der Waals surface area contributed by atoms with Gasteiger partial charge in [0.15, 0.2) is 0 Å². The van der Waals surface area contributed by atoms with Gasteiger partial charge in [-0.3, -0.25) is 0 Å². The van der Waals surface area contributed by atoms with E-state index in [1.165, 1.54) is 53.4 Å². The summed E-state index contributed by atoms with van der Waals surface area (Å²) in [6.07, 6.45) is 7.47. The Labute approximate surface area is 130 Å². The second-order valence-electron chi connectivity index (χ2n) is 6.50. The Bertz CT molecular complexity index is 471. The Balaban J connectivity index is 1.71. The summed E-state index contributed by atoms with van der Waals surface area (Å²) in [4.78, 5) is 0. The number of hydrogen-bond donors (Lipinski definition) is 1. The van der Waals surface area contributed by atoms with Crippen molar-refractivity contribution in [1.82, 2.24) is 0 Å². The van der Waals surface area contributed by atoms with Crippen LogP contribution in [0, 0.1) is 13.8 Å². The normalized spacial score (nSPS) is 25.1. The molecular formula is C17H24BrNO. The Hall–Kier alpha value is -0.540. The first-order chi connectivity index (χ1) is 9.58. The topological polar surface area (TPSA) is 21.3 Å². The van der Waals surface area contributed by atoms with Gasteiger partial charge in [-0.1, -0.05) is 28.8 Å². The summed E-state index contributed by atoms with van der Waals surface area (Å²) in [6.45, 7) is 5.22. The van der Waals surface area contributed by atoms with Gasteiger partial charge in [0, 0.05) is 22.8 Å². The first-order valence-electron chi connectivity index (χ1n) is 7.75. The lowest BCUT2D eigenvalue weighted by Crippen LogP contribution is -2.42. The molecule has 0 amide bonds. The SMILES string of the molecule is Cc1cc(NC2CCOC3(CCCC3)C2)cc(C)c1Br. The number of hydrogen-bond acceptors (Lipinski definition) is 2. The Kier molecular flexibility index (Phi) is 4.09. The molecule has 1 saturated heterocycles. The van der Waals surface area contributed by atoms with Gasteiger partial charge < -0.3 is 10.1 Å². The predicted molar refractivity (Wildman–Crippen MR) is 87.4 cm³/mol. The molecule has 20 heavy (non-hydrogen) atoms. The molecule has 1 spiro atoms. The average molecular weight is 338 g/mol. The van der Waals surface area contributed by atoms with Crippen LogP contribution in [-0.4, -0.2) is 18.2 Å². The zero-order chi connectivity index (χ0) is 14.2. The van der Waals surface area contributed by atoms with E-state index in [2.05, 4.69) is 47.2 Å². The minimum absolute atomic E-state index is 0.190. The molecule has 3 heteroatoms. The molecule has 1 aromatic rings. The number of halogens is 1. The molecule has 1 N–H and O–H groups in total. The van der Waals surface area contributed by atoms with Gasteiger partial charge in [-0.05, 0) is 62.8 Å². The van der Waals surface area contributed by atoms with E-state index >= 15 is 0 Å². The van der Waals surface area contributed by atoms with E-state index in [0.717, 1.165) is 13.0 Å². The van der Waals surface area contributed by atoms with Crippen molar-refractivity contribution in [1.29, 1.82) is 0 Å². The molecule has 0 bridgehead atoms. The zero-order valence-electron chi connectivity index (χ0n) is 12.5. The van der Waals surface area contributed by atoms with Crippen LogP contribution in [-0.2, 0) is 4.74 Å². The largest absolute Gasteiger partial charge is 0.382 e. The molecule has 0 radical (unpaired) electrons. The molecule has 2 fully saturated rings. The molecule has 0 aromatic heterocycles. The van der Waals surface area contributed by atoms with Crippen LogP contribution in [0.25, 0.3) is 0 Å². The fraction of sp³-hybridized carbons (Fsp3) is 0.647. The molecule has 1 aliphatic heterocycles. The van der Waals surface area contributed by atoms with E-state index < -0.39 is 0 Å². The van der Waals surface area contributed by atoms with Crippen LogP contribution < -0.4 is 5.32 Å². The van der Waals surface area contributed by atoms with Crippen LogP contribution in [0.3, 0.4) is 0 Å². The van der Waals surface area contributed by atoms with Crippen molar-refractivity contribution < 1.29 is 4.74 Å². The highest BCUT2D eigenvalue weighted by atomic mass is 79.9. The summed E-state index contributed by atoms with van der Waals surface area (Å²) in [5.74, 6) is 0. The monoisotopic (exact) mass is 337 g/mol. The van der Waals surface area contributed by atoms with Crippen molar-refractivity contribution in [3.8, 4) is 0 Å². The molecule has 2 aliphatic rings. The van der Waals surface area contributed by atoms with Gasteiger partial charge in [0.2, 0.25) is 0 Å². The van der Waals surface area contributed by atoms with E-state index in [-0.39, 0.29) is 5.60 Å². The van der Waals surface area contributed by atoms with Crippen molar-refractivity contribution in [2.24, 2.45) is 0 Å². The highest BCUT2D eigenvalue weighted by molar-refractivity contribution is 9.10. The van der Waals surface area contributed by atoms with Crippen molar-refractivity contribution >= 4 is 21.6 Å². The minimum Gasteiger partial charge on any atom is -0.382 e. The summed E-state index contributed by atoms with van der Waals surface area (Å²) in [6, 6.07) is 5.05. The quantitative estimate of drug-likeness (QED) is 0.822. The third-order valence-corrected chi connectivity index (χ3v) is 6.07. The maximum atomic E-state index is 6.11. The smallest absolute Gasteiger partial charge is 0.0702 e.